The summed E-state index contributed by atoms with van der Waals surface area (Å²) in [5.74, 6) is -0.0541. The summed E-state index contributed by atoms with van der Waals surface area (Å²) >= 11 is 0. The van der Waals surface area contributed by atoms with Gasteiger partial charge in [0.1, 0.15) is 0 Å². The van der Waals surface area contributed by atoms with E-state index in [-0.39, 0.29) is 5.91 Å². The molecule has 0 aromatic heterocycles. The topological polar surface area (TPSA) is 41.6 Å². The molecule has 0 spiro atoms. The highest BCUT2D eigenvalue weighted by Gasteiger charge is 2.11. The number of hydrogen-bond donors (Lipinski definition) is 1. The van der Waals surface area contributed by atoms with Crippen molar-refractivity contribution < 1.29 is 9.53 Å². The van der Waals surface area contributed by atoms with E-state index in [0.29, 0.717) is 0 Å². The lowest BCUT2D eigenvalue weighted by Gasteiger charge is -2.28. The first kappa shape index (κ1) is 13.6. The van der Waals surface area contributed by atoms with Crippen LogP contribution in [0.3, 0.4) is 0 Å². The first-order chi connectivity index (χ1) is 9.20. The zero-order valence-corrected chi connectivity index (χ0v) is 11.5. The average molecular weight is 260 g/mol. The minimum atomic E-state index is -0.0541. The monoisotopic (exact) mass is 260 g/mol. The van der Waals surface area contributed by atoms with E-state index in [9.17, 15) is 4.79 Å². The minimum absolute atomic E-state index is 0.0541. The lowest BCUT2D eigenvalue weighted by atomic mass is 10.2. The Labute approximate surface area is 114 Å². The van der Waals surface area contributed by atoms with E-state index >= 15 is 0 Å². The first-order valence-corrected chi connectivity index (χ1v) is 6.57. The van der Waals surface area contributed by atoms with Crippen LogP contribution in [-0.2, 0) is 9.53 Å². The molecule has 0 aliphatic carbocycles. The van der Waals surface area contributed by atoms with Gasteiger partial charge in [0, 0.05) is 30.0 Å². The fourth-order valence-electron chi connectivity index (χ4n) is 1.94. The van der Waals surface area contributed by atoms with Crippen molar-refractivity contribution >= 4 is 17.3 Å². The number of allylic oxidation sites excluding steroid dienone is 1. The molecule has 0 radical (unpaired) electrons. The molecule has 4 heteroatoms. The smallest absolute Gasteiger partial charge is 0.250 e. The summed E-state index contributed by atoms with van der Waals surface area (Å²) in [6.45, 7) is 7.05. The van der Waals surface area contributed by atoms with Gasteiger partial charge in [-0.2, -0.15) is 0 Å². The van der Waals surface area contributed by atoms with Gasteiger partial charge in [0.05, 0.1) is 13.2 Å². The molecule has 19 heavy (non-hydrogen) atoms. The van der Waals surface area contributed by atoms with Gasteiger partial charge in [0.25, 0.3) is 5.91 Å². The molecular formula is C15H20N2O2. The van der Waals surface area contributed by atoms with Crippen molar-refractivity contribution in [2.45, 2.75) is 13.8 Å². The van der Waals surface area contributed by atoms with Crippen LogP contribution in [0.5, 0.6) is 0 Å². The summed E-state index contributed by atoms with van der Waals surface area (Å²) in [4.78, 5) is 14.0. The van der Waals surface area contributed by atoms with E-state index in [4.69, 9.17) is 4.74 Å². The second kappa shape index (κ2) is 6.38. The van der Waals surface area contributed by atoms with Gasteiger partial charge in [-0.1, -0.05) is 6.08 Å². The number of hydrogen-bond acceptors (Lipinski definition) is 3. The maximum atomic E-state index is 11.7. The second-order valence-electron chi connectivity index (χ2n) is 4.57. The Hall–Kier alpha value is -1.81. The molecule has 1 aromatic rings. The molecule has 1 amide bonds. The summed E-state index contributed by atoms with van der Waals surface area (Å²) in [5, 5.41) is 2.87. The van der Waals surface area contributed by atoms with Gasteiger partial charge in [-0.05, 0) is 38.1 Å². The highest BCUT2D eigenvalue weighted by atomic mass is 16.5. The molecular weight excluding hydrogens is 240 g/mol. The Morgan fingerprint density at radius 2 is 1.89 bits per heavy atom. The second-order valence-corrected chi connectivity index (χ2v) is 4.57. The molecule has 0 atom stereocenters. The first-order valence-electron chi connectivity index (χ1n) is 6.57. The van der Waals surface area contributed by atoms with Crippen LogP contribution in [-0.4, -0.2) is 32.2 Å². The highest BCUT2D eigenvalue weighted by Crippen LogP contribution is 2.19. The fraction of sp³-hybridized carbons (Fsp3) is 0.400. The summed E-state index contributed by atoms with van der Waals surface area (Å²) in [6.07, 6.45) is 1.80. The van der Waals surface area contributed by atoms with E-state index in [2.05, 4.69) is 10.2 Å². The standard InChI is InChI=1S/C15H20N2O2/c1-3-12(2)15(18)16-13-4-6-14(7-5-13)17-8-10-19-11-9-17/h3-7H,8-11H2,1-2H3,(H,16,18)/b12-3-. The van der Waals surface area contributed by atoms with Crippen LogP contribution in [0.25, 0.3) is 0 Å². The van der Waals surface area contributed by atoms with Crippen molar-refractivity contribution in [1.29, 1.82) is 0 Å². The van der Waals surface area contributed by atoms with Crippen molar-refractivity contribution in [2.75, 3.05) is 36.5 Å². The number of ether oxygens (including phenoxy) is 1. The molecule has 2 rings (SSSR count). The molecule has 1 aliphatic heterocycles. The number of anilines is 2. The Bertz CT molecular complexity index is 460. The minimum Gasteiger partial charge on any atom is -0.378 e. The third-order valence-electron chi connectivity index (χ3n) is 3.29. The van der Waals surface area contributed by atoms with Crippen molar-refractivity contribution in [3.05, 3.63) is 35.9 Å². The lowest BCUT2D eigenvalue weighted by Crippen LogP contribution is -2.36. The highest BCUT2D eigenvalue weighted by molar-refractivity contribution is 6.03. The molecule has 0 saturated carbocycles. The van der Waals surface area contributed by atoms with Crippen LogP contribution in [0.2, 0.25) is 0 Å². The van der Waals surface area contributed by atoms with Crippen molar-refractivity contribution in [3.63, 3.8) is 0 Å². The maximum absolute atomic E-state index is 11.7. The van der Waals surface area contributed by atoms with Gasteiger partial charge in [0.15, 0.2) is 0 Å². The van der Waals surface area contributed by atoms with Crippen molar-refractivity contribution in [3.8, 4) is 0 Å². The number of benzene rings is 1. The van der Waals surface area contributed by atoms with Gasteiger partial charge in [-0.15, -0.1) is 0 Å². The molecule has 102 valence electrons. The Morgan fingerprint density at radius 3 is 2.47 bits per heavy atom. The number of rotatable bonds is 3. The van der Waals surface area contributed by atoms with Crippen molar-refractivity contribution in [2.24, 2.45) is 0 Å². The zero-order chi connectivity index (χ0) is 13.7. The summed E-state index contributed by atoms with van der Waals surface area (Å²) in [6, 6.07) is 7.94. The molecule has 1 N–H and O–H groups in total. The number of carbonyl (C=O) groups excluding carboxylic acids is 1. The fourth-order valence-corrected chi connectivity index (χ4v) is 1.94. The van der Waals surface area contributed by atoms with Crippen LogP contribution in [0, 0.1) is 0 Å². The van der Waals surface area contributed by atoms with Gasteiger partial charge in [0.2, 0.25) is 0 Å². The third-order valence-corrected chi connectivity index (χ3v) is 3.29. The summed E-state index contributed by atoms with van der Waals surface area (Å²) in [5.41, 5.74) is 2.71. The number of morpholine rings is 1. The van der Waals surface area contributed by atoms with E-state index < -0.39 is 0 Å². The van der Waals surface area contributed by atoms with Crippen LogP contribution in [0.4, 0.5) is 11.4 Å². The van der Waals surface area contributed by atoms with E-state index in [1.807, 2.05) is 31.2 Å². The predicted octanol–water partition coefficient (Wildman–Crippen LogP) is 2.43. The van der Waals surface area contributed by atoms with Gasteiger partial charge < -0.3 is 15.0 Å². The Morgan fingerprint density at radius 1 is 1.26 bits per heavy atom. The number of carbonyl (C=O) groups is 1. The Kier molecular flexibility index (Phi) is 4.58. The normalized spacial score (nSPS) is 16.3. The molecule has 1 aliphatic rings. The molecule has 0 bridgehead atoms. The molecule has 0 unspecified atom stereocenters. The van der Waals surface area contributed by atoms with Crippen LogP contribution >= 0.6 is 0 Å². The SMILES string of the molecule is C/C=C(/C)C(=O)Nc1ccc(N2CCOCC2)cc1. The number of nitrogens with one attached hydrogen (secondary N) is 1. The molecule has 1 aromatic carbocycles. The average Bonchev–Trinajstić information content (AvgIpc) is 2.48. The molecule has 1 saturated heterocycles. The van der Waals surface area contributed by atoms with E-state index in [1.165, 1.54) is 5.69 Å². The Balaban J connectivity index is 2.00. The lowest BCUT2D eigenvalue weighted by molar-refractivity contribution is -0.112. The molecule has 1 fully saturated rings. The largest absolute Gasteiger partial charge is 0.378 e. The summed E-state index contributed by atoms with van der Waals surface area (Å²) in [7, 11) is 0. The van der Waals surface area contributed by atoms with Crippen LogP contribution in [0.1, 0.15) is 13.8 Å². The van der Waals surface area contributed by atoms with Gasteiger partial charge in [-0.3, -0.25) is 4.79 Å². The third kappa shape index (κ3) is 3.58. The number of amides is 1. The van der Waals surface area contributed by atoms with E-state index in [0.717, 1.165) is 37.6 Å². The maximum Gasteiger partial charge on any atom is 0.250 e. The van der Waals surface area contributed by atoms with Crippen molar-refractivity contribution in [1.82, 2.24) is 0 Å². The molecule has 4 nitrogen and oxygen atoms in total. The van der Waals surface area contributed by atoms with Crippen LogP contribution < -0.4 is 10.2 Å². The molecule has 1 heterocycles. The van der Waals surface area contributed by atoms with Gasteiger partial charge in [-0.25, -0.2) is 0 Å². The quantitative estimate of drug-likeness (QED) is 0.849. The number of nitrogens with zero attached hydrogens (tertiary/aromatic N) is 1. The zero-order valence-electron chi connectivity index (χ0n) is 11.5. The summed E-state index contributed by atoms with van der Waals surface area (Å²) < 4.78 is 5.33. The van der Waals surface area contributed by atoms with Crippen LogP contribution in [0.15, 0.2) is 35.9 Å². The predicted molar refractivity (Wildman–Crippen MR) is 77.5 cm³/mol. The van der Waals surface area contributed by atoms with Gasteiger partial charge >= 0.3 is 0 Å². The van der Waals surface area contributed by atoms with E-state index in [1.54, 1.807) is 13.0 Å².